The smallest absolute Gasteiger partial charge is 0.355 e. The highest BCUT2D eigenvalue weighted by Crippen LogP contribution is 2.36. The molecule has 2 aromatic heterocycles. The maximum absolute atomic E-state index is 13.3. The van der Waals surface area contributed by atoms with Gasteiger partial charge in [-0.2, -0.15) is 10.1 Å². The van der Waals surface area contributed by atoms with Crippen molar-refractivity contribution in [1.82, 2.24) is 23.9 Å². The number of aryl methyl sites for hydroxylation is 1. The van der Waals surface area contributed by atoms with Crippen LogP contribution in [-0.4, -0.2) is 36.5 Å². The first-order chi connectivity index (χ1) is 14.5. The molecule has 1 fully saturated rings. The molecule has 0 bridgehead atoms. The second kappa shape index (κ2) is 8.10. The lowest BCUT2D eigenvalue weighted by atomic mass is 9.80. The Bertz CT molecular complexity index is 1160. The second-order valence-corrected chi connectivity index (χ2v) is 7.44. The van der Waals surface area contributed by atoms with Crippen molar-refractivity contribution >= 4 is 5.97 Å². The molecule has 0 saturated heterocycles. The first-order valence-corrected chi connectivity index (χ1v) is 9.93. The molecule has 0 spiro atoms. The van der Waals surface area contributed by atoms with Crippen LogP contribution >= 0.6 is 0 Å². The summed E-state index contributed by atoms with van der Waals surface area (Å²) in [7, 11) is 0. The zero-order valence-corrected chi connectivity index (χ0v) is 16.9. The molecule has 0 atom stereocenters. The number of benzene rings is 1. The topological polar surface area (TPSA) is 101 Å². The largest absolute Gasteiger partial charge is 0.466 e. The Labute approximate surface area is 172 Å². The summed E-state index contributed by atoms with van der Waals surface area (Å²) in [4.78, 5) is 42.1. The Morgan fingerprint density at radius 3 is 2.57 bits per heavy atom. The summed E-state index contributed by atoms with van der Waals surface area (Å²) in [5.74, 6) is -0.423. The first kappa shape index (κ1) is 19.8. The van der Waals surface area contributed by atoms with Crippen LogP contribution in [0.2, 0.25) is 0 Å². The number of ether oxygens (including phenoxy) is 1. The fraction of sp³-hybridized carbons (Fsp3) is 0.381. The van der Waals surface area contributed by atoms with Crippen LogP contribution in [0.15, 0.2) is 52.3 Å². The van der Waals surface area contributed by atoms with E-state index in [-0.39, 0.29) is 30.4 Å². The predicted molar refractivity (Wildman–Crippen MR) is 109 cm³/mol. The predicted octanol–water partition coefficient (Wildman–Crippen LogP) is 1.46. The van der Waals surface area contributed by atoms with E-state index in [1.807, 2.05) is 31.2 Å². The van der Waals surface area contributed by atoms with Crippen molar-refractivity contribution in [2.45, 2.75) is 39.3 Å². The van der Waals surface area contributed by atoms with Crippen molar-refractivity contribution in [2.75, 3.05) is 6.61 Å². The molecule has 1 aliphatic rings. The molecule has 9 heteroatoms. The van der Waals surface area contributed by atoms with Gasteiger partial charge in [0.1, 0.15) is 0 Å². The average Bonchev–Trinajstić information content (AvgIpc) is 3.21. The van der Waals surface area contributed by atoms with Crippen LogP contribution in [0.1, 0.15) is 36.9 Å². The lowest BCUT2D eigenvalue weighted by Gasteiger charge is -2.34. The highest BCUT2D eigenvalue weighted by Gasteiger charge is 2.38. The van der Waals surface area contributed by atoms with Gasteiger partial charge in [0.2, 0.25) is 5.95 Å². The number of nitrogens with zero attached hydrogens (tertiary/aromatic N) is 5. The first-order valence-electron chi connectivity index (χ1n) is 9.93. The SMILES string of the molecule is CCOC(=O)[C@H]1C[C@H](n2c(=O)nc(-n3cccn3)n(Cc3ccc(C)cc3)c2=O)C1. The van der Waals surface area contributed by atoms with Gasteiger partial charge in [-0.05, 0) is 38.3 Å². The van der Waals surface area contributed by atoms with Crippen LogP contribution in [0.3, 0.4) is 0 Å². The zero-order valence-electron chi connectivity index (χ0n) is 16.9. The molecule has 0 aliphatic heterocycles. The van der Waals surface area contributed by atoms with Crippen LogP contribution in [-0.2, 0) is 16.1 Å². The van der Waals surface area contributed by atoms with Gasteiger partial charge in [0, 0.05) is 18.4 Å². The number of carbonyl (C=O) groups is 1. The molecule has 30 heavy (non-hydrogen) atoms. The van der Waals surface area contributed by atoms with E-state index in [2.05, 4.69) is 10.1 Å². The molecule has 4 rings (SSSR count). The summed E-state index contributed by atoms with van der Waals surface area (Å²) < 4.78 is 9.03. The molecule has 0 N–H and O–H groups in total. The van der Waals surface area contributed by atoms with Crippen LogP contribution in [0.4, 0.5) is 0 Å². The molecule has 0 radical (unpaired) electrons. The highest BCUT2D eigenvalue weighted by atomic mass is 16.5. The second-order valence-electron chi connectivity index (χ2n) is 7.44. The summed E-state index contributed by atoms with van der Waals surface area (Å²) in [6.45, 7) is 4.29. The summed E-state index contributed by atoms with van der Waals surface area (Å²) in [6, 6.07) is 9.13. The summed E-state index contributed by atoms with van der Waals surface area (Å²) in [5.41, 5.74) is 0.911. The van der Waals surface area contributed by atoms with Crippen LogP contribution in [0.25, 0.3) is 5.95 Å². The van der Waals surface area contributed by atoms with E-state index >= 15 is 0 Å². The minimum absolute atomic E-state index is 0.160. The summed E-state index contributed by atoms with van der Waals surface area (Å²) in [5, 5.41) is 4.13. The van der Waals surface area contributed by atoms with E-state index in [4.69, 9.17) is 4.74 Å². The molecule has 1 saturated carbocycles. The van der Waals surface area contributed by atoms with Gasteiger partial charge in [0.15, 0.2) is 0 Å². The van der Waals surface area contributed by atoms with Gasteiger partial charge >= 0.3 is 17.3 Å². The minimum Gasteiger partial charge on any atom is -0.466 e. The highest BCUT2D eigenvalue weighted by molar-refractivity contribution is 5.73. The van der Waals surface area contributed by atoms with Gasteiger partial charge in [-0.25, -0.2) is 18.8 Å². The number of rotatable bonds is 6. The quantitative estimate of drug-likeness (QED) is 0.572. The van der Waals surface area contributed by atoms with Crippen LogP contribution in [0, 0.1) is 12.8 Å². The van der Waals surface area contributed by atoms with Gasteiger partial charge in [0.25, 0.3) is 0 Å². The van der Waals surface area contributed by atoms with Crippen LogP contribution in [0.5, 0.6) is 0 Å². The number of hydrogen-bond donors (Lipinski definition) is 0. The molecule has 0 unspecified atom stereocenters. The van der Waals surface area contributed by atoms with E-state index in [0.717, 1.165) is 15.7 Å². The lowest BCUT2D eigenvalue weighted by molar-refractivity contribution is -0.152. The third kappa shape index (κ3) is 3.70. The van der Waals surface area contributed by atoms with E-state index in [9.17, 15) is 14.4 Å². The fourth-order valence-corrected chi connectivity index (χ4v) is 3.64. The third-order valence-electron chi connectivity index (χ3n) is 5.35. The summed E-state index contributed by atoms with van der Waals surface area (Å²) in [6.07, 6.45) is 3.98. The number of hydrogen-bond acceptors (Lipinski definition) is 6. The van der Waals surface area contributed by atoms with Crippen molar-refractivity contribution in [2.24, 2.45) is 5.92 Å². The molecule has 156 valence electrons. The van der Waals surface area contributed by atoms with Crippen molar-refractivity contribution in [3.63, 3.8) is 0 Å². The maximum Gasteiger partial charge on any atom is 0.355 e. The Balaban J connectivity index is 1.72. The minimum atomic E-state index is -0.641. The van der Waals surface area contributed by atoms with Crippen molar-refractivity contribution in [1.29, 1.82) is 0 Å². The van der Waals surface area contributed by atoms with Crippen molar-refractivity contribution < 1.29 is 9.53 Å². The molecule has 1 aromatic carbocycles. The van der Waals surface area contributed by atoms with Gasteiger partial charge in [-0.3, -0.25) is 9.36 Å². The van der Waals surface area contributed by atoms with E-state index in [1.54, 1.807) is 25.4 Å². The number of carbonyl (C=O) groups excluding carboxylic acids is 1. The normalized spacial score (nSPS) is 18.1. The third-order valence-corrected chi connectivity index (χ3v) is 5.35. The Morgan fingerprint density at radius 2 is 1.93 bits per heavy atom. The monoisotopic (exact) mass is 409 g/mol. The molecule has 9 nitrogen and oxygen atoms in total. The van der Waals surface area contributed by atoms with E-state index in [1.165, 1.54) is 9.25 Å². The standard InChI is InChI=1S/C21H23N5O4/c1-3-30-18(27)16-11-17(12-16)26-20(28)23-19(25-10-4-9-22-25)24(21(26)29)13-15-7-5-14(2)6-8-15/h4-10,16-17H,3,11-13H2,1-2H3/t16-,17-. The molecular weight excluding hydrogens is 386 g/mol. The zero-order chi connectivity index (χ0) is 21.3. The van der Waals surface area contributed by atoms with Crippen molar-refractivity contribution in [3.8, 4) is 5.95 Å². The Hall–Kier alpha value is -3.49. The summed E-state index contributed by atoms with van der Waals surface area (Å²) >= 11 is 0. The maximum atomic E-state index is 13.3. The Morgan fingerprint density at radius 1 is 1.20 bits per heavy atom. The average molecular weight is 409 g/mol. The van der Waals surface area contributed by atoms with Crippen molar-refractivity contribution in [3.05, 3.63) is 74.8 Å². The van der Waals surface area contributed by atoms with E-state index in [0.29, 0.717) is 19.4 Å². The molecule has 1 aliphatic carbocycles. The number of aromatic nitrogens is 5. The van der Waals surface area contributed by atoms with Gasteiger partial charge in [-0.15, -0.1) is 0 Å². The van der Waals surface area contributed by atoms with Crippen LogP contribution < -0.4 is 11.4 Å². The molecule has 3 aromatic rings. The molecule has 0 amide bonds. The van der Waals surface area contributed by atoms with Gasteiger partial charge in [0.05, 0.1) is 19.1 Å². The van der Waals surface area contributed by atoms with Gasteiger partial charge < -0.3 is 4.74 Å². The van der Waals surface area contributed by atoms with Gasteiger partial charge in [-0.1, -0.05) is 29.8 Å². The fourth-order valence-electron chi connectivity index (χ4n) is 3.64. The number of esters is 1. The molecular formula is C21H23N5O4. The van der Waals surface area contributed by atoms with E-state index < -0.39 is 11.4 Å². The molecule has 2 heterocycles. The Kier molecular flexibility index (Phi) is 5.35. The lowest BCUT2D eigenvalue weighted by Crippen LogP contribution is -2.49.